The molecule has 0 atom stereocenters. The Bertz CT molecular complexity index is 313. The first kappa shape index (κ1) is 6.53. The number of benzene rings is 1. The summed E-state index contributed by atoms with van der Waals surface area (Å²) in [4.78, 5) is 0. The Morgan fingerprint density at radius 3 is 2.50 bits per heavy atom. The van der Waals surface area contributed by atoms with Gasteiger partial charge in [0.05, 0.1) is 0 Å². The molecule has 3 aliphatic rings. The summed E-state index contributed by atoms with van der Waals surface area (Å²) < 4.78 is 0. The molecule has 0 heterocycles. The van der Waals surface area contributed by atoms with Crippen LogP contribution in [0.3, 0.4) is 0 Å². The minimum atomic E-state index is 0.414. The summed E-state index contributed by atoms with van der Waals surface area (Å²) in [5.74, 6) is 1.42. The average molecular weight is 160 g/mol. The highest BCUT2D eigenvalue weighted by atomic mass is 16.3. The number of hydrogen-bond donors (Lipinski definition) is 1. The number of aromatic hydroxyl groups is 1. The van der Waals surface area contributed by atoms with Gasteiger partial charge in [-0.3, -0.25) is 0 Å². The van der Waals surface area contributed by atoms with Crippen molar-refractivity contribution >= 4 is 0 Å². The smallest absolute Gasteiger partial charge is 0.115 e. The summed E-state index contributed by atoms with van der Waals surface area (Å²) in [5.41, 5.74) is 1.84. The lowest BCUT2D eigenvalue weighted by Gasteiger charge is -2.62. The summed E-state index contributed by atoms with van der Waals surface area (Å²) in [6.07, 6.45) is 4.07. The van der Waals surface area contributed by atoms with Gasteiger partial charge in [0.25, 0.3) is 0 Å². The first-order valence-corrected chi connectivity index (χ1v) is 4.58. The van der Waals surface area contributed by atoms with Gasteiger partial charge in [-0.05, 0) is 48.3 Å². The topological polar surface area (TPSA) is 20.2 Å². The number of hydrogen-bond acceptors (Lipinski definition) is 1. The fourth-order valence-electron chi connectivity index (χ4n) is 2.67. The van der Waals surface area contributed by atoms with Crippen LogP contribution >= 0.6 is 0 Å². The Morgan fingerprint density at radius 2 is 2.00 bits per heavy atom. The molecule has 1 nitrogen and oxygen atoms in total. The van der Waals surface area contributed by atoms with Gasteiger partial charge in [-0.15, -0.1) is 0 Å². The minimum absolute atomic E-state index is 0.414. The highest BCUT2D eigenvalue weighted by Gasteiger charge is 2.57. The fourth-order valence-corrected chi connectivity index (χ4v) is 2.67. The van der Waals surface area contributed by atoms with Gasteiger partial charge < -0.3 is 5.11 Å². The lowest BCUT2D eigenvalue weighted by Crippen LogP contribution is -2.55. The second-order valence-electron chi connectivity index (χ2n) is 4.31. The van der Waals surface area contributed by atoms with Gasteiger partial charge in [-0.2, -0.15) is 0 Å². The van der Waals surface area contributed by atoms with E-state index in [1.54, 1.807) is 6.07 Å². The molecule has 1 aromatic rings. The van der Waals surface area contributed by atoms with E-state index < -0.39 is 0 Å². The summed E-state index contributed by atoms with van der Waals surface area (Å²) >= 11 is 0. The van der Waals surface area contributed by atoms with Gasteiger partial charge in [0.15, 0.2) is 0 Å². The van der Waals surface area contributed by atoms with Crippen LogP contribution in [-0.4, -0.2) is 5.11 Å². The first-order valence-electron chi connectivity index (χ1n) is 4.58. The van der Waals surface area contributed by atoms with Crippen LogP contribution in [0.2, 0.25) is 0 Å². The predicted molar refractivity (Wildman–Crippen MR) is 47.1 cm³/mol. The summed E-state index contributed by atoms with van der Waals surface area (Å²) in [7, 11) is 0. The average Bonchev–Trinajstić information content (AvgIpc) is 1.79. The maximum atomic E-state index is 9.31. The van der Waals surface area contributed by atoms with Crippen molar-refractivity contribution < 1.29 is 5.11 Å². The summed E-state index contributed by atoms with van der Waals surface area (Å²) in [6.45, 7) is 0. The van der Waals surface area contributed by atoms with Crippen LogP contribution in [-0.2, 0) is 5.41 Å². The molecule has 0 saturated heterocycles. The number of phenolic OH excluding ortho intramolecular Hbond substituents is 1. The summed E-state index contributed by atoms with van der Waals surface area (Å²) in [6, 6.07) is 7.77. The Balaban J connectivity index is 2.01. The van der Waals surface area contributed by atoms with Gasteiger partial charge in [-0.1, -0.05) is 12.1 Å². The minimum Gasteiger partial charge on any atom is -0.508 e. The quantitative estimate of drug-likeness (QED) is 0.669. The van der Waals surface area contributed by atoms with E-state index in [0.717, 1.165) is 5.92 Å². The molecule has 1 heteroatoms. The van der Waals surface area contributed by atoms with E-state index >= 15 is 0 Å². The molecule has 3 fully saturated rings. The molecule has 0 unspecified atom stereocenters. The highest BCUT2D eigenvalue weighted by molar-refractivity contribution is 5.39. The first-order chi connectivity index (χ1) is 5.78. The molecular formula is C11H12O. The Labute approximate surface area is 72.0 Å². The highest BCUT2D eigenvalue weighted by Crippen LogP contribution is 2.65. The van der Waals surface area contributed by atoms with Crippen LogP contribution in [0.15, 0.2) is 24.3 Å². The standard InChI is InChI=1S/C11H12O/c12-10-3-1-2-9(4-10)11-5-8(6-11)7-11/h1-4,8,12H,5-7H2. The Morgan fingerprint density at radius 1 is 1.25 bits per heavy atom. The van der Waals surface area contributed by atoms with Crippen LogP contribution in [0.4, 0.5) is 0 Å². The third-order valence-corrected chi connectivity index (χ3v) is 3.50. The fraction of sp³-hybridized carbons (Fsp3) is 0.455. The lowest BCUT2D eigenvalue weighted by molar-refractivity contribution is -0.0275. The van der Waals surface area contributed by atoms with Crippen LogP contribution in [0.5, 0.6) is 5.75 Å². The van der Waals surface area contributed by atoms with Crippen molar-refractivity contribution in [2.45, 2.75) is 24.7 Å². The van der Waals surface area contributed by atoms with Gasteiger partial charge in [-0.25, -0.2) is 0 Å². The van der Waals surface area contributed by atoms with Gasteiger partial charge in [0.2, 0.25) is 0 Å². The number of phenols is 1. The maximum Gasteiger partial charge on any atom is 0.115 e. The second kappa shape index (κ2) is 1.85. The third-order valence-electron chi connectivity index (χ3n) is 3.50. The van der Waals surface area contributed by atoms with Gasteiger partial charge >= 0.3 is 0 Å². The largest absolute Gasteiger partial charge is 0.508 e. The van der Waals surface area contributed by atoms with Gasteiger partial charge in [0.1, 0.15) is 5.75 Å². The van der Waals surface area contributed by atoms with Crippen molar-refractivity contribution in [2.24, 2.45) is 5.92 Å². The normalized spacial score (nSPS) is 36.8. The van der Waals surface area contributed by atoms with Crippen molar-refractivity contribution in [2.75, 3.05) is 0 Å². The molecule has 3 aliphatic carbocycles. The van der Waals surface area contributed by atoms with Gasteiger partial charge in [0, 0.05) is 0 Å². The molecule has 1 N–H and O–H groups in total. The van der Waals surface area contributed by atoms with E-state index in [0.29, 0.717) is 11.2 Å². The van der Waals surface area contributed by atoms with E-state index in [-0.39, 0.29) is 0 Å². The zero-order valence-electron chi connectivity index (χ0n) is 6.96. The van der Waals surface area contributed by atoms with E-state index in [9.17, 15) is 5.11 Å². The molecule has 2 bridgehead atoms. The molecule has 4 rings (SSSR count). The van der Waals surface area contributed by atoms with E-state index in [4.69, 9.17) is 0 Å². The predicted octanol–water partition coefficient (Wildman–Crippen LogP) is 2.44. The lowest BCUT2D eigenvalue weighted by atomic mass is 9.42. The van der Waals surface area contributed by atoms with Crippen LogP contribution in [0.1, 0.15) is 24.8 Å². The maximum absolute atomic E-state index is 9.31. The van der Waals surface area contributed by atoms with Crippen molar-refractivity contribution in [3.63, 3.8) is 0 Å². The van der Waals surface area contributed by atoms with Crippen LogP contribution in [0.25, 0.3) is 0 Å². The molecule has 0 amide bonds. The van der Waals surface area contributed by atoms with Crippen molar-refractivity contribution in [3.05, 3.63) is 29.8 Å². The van der Waals surface area contributed by atoms with Crippen molar-refractivity contribution in [1.29, 1.82) is 0 Å². The van der Waals surface area contributed by atoms with Crippen LogP contribution < -0.4 is 0 Å². The van der Waals surface area contributed by atoms with E-state index in [1.807, 2.05) is 12.1 Å². The van der Waals surface area contributed by atoms with E-state index in [2.05, 4.69) is 6.07 Å². The van der Waals surface area contributed by atoms with Crippen LogP contribution in [0, 0.1) is 5.92 Å². The zero-order chi connectivity index (χ0) is 8.18. The SMILES string of the molecule is Oc1cccc(C23CC(C2)C3)c1. The number of rotatable bonds is 1. The molecule has 3 saturated carbocycles. The molecule has 0 radical (unpaired) electrons. The van der Waals surface area contributed by atoms with Crippen molar-refractivity contribution in [1.82, 2.24) is 0 Å². The van der Waals surface area contributed by atoms with E-state index in [1.165, 1.54) is 24.8 Å². The molecule has 12 heavy (non-hydrogen) atoms. The molecule has 0 spiro atoms. The molecule has 0 aromatic heterocycles. The van der Waals surface area contributed by atoms with Crippen molar-refractivity contribution in [3.8, 4) is 5.75 Å². The molecule has 0 aliphatic heterocycles. The molecule has 62 valence electrons. The Hall–Kier alpha value is -0.980. The third kappa shape index (κ3) is 0.644. The molecule has 1 aromatic carbocycles. The summed E-state index contributed by atoms with van der Waals surface area (Å²) in [5, 5.41) is 9.31. The second-order valence-corrected chi connectivity index (χ2v) is 4.31. The zero-order valence-corrected chi connectivity index (χ0v) is 6.96. The monoisotopic (exact) mass is 160 g/mol. The Kier molecular flexibility index (Phi) is 1.00. The molecular weight excluding hydrogens is 148 g/mol.